The van der Waals surface area contributed by atoms with Gasteiger partial charge in [0.1, 0.15) is 6.04 Å². The predicted octanol–water partition coefficient (Wildman–Crippen LogP) is 1.89. The second-order valence-corrected chi connectivity index (χ2v) is 6.23. The van der Waals surface area contributed by atoms with Gasteiger partial charge in [-0.05, 0) is 24.5 Å². The molecule has 1 heterocycles. The maximum atomic E-state index is 11.7. The largest absolute Gasteiger partial charge is 0.480 e. The van der Waals surface area contributed by atoms with Crippen molar-refractivity contribution in [3.63, 3.8) is 0 Å². The fourth-order valence-electron chi connectivity index (χ4n) is 1.92. The zero-order chi connectivity index (χ0) is 12.8. The summed E-state index contributed by atoms with van der Waals surface area (Å²) in [5, 5.41) is 12.0. The van der Waals surface area contributed by atoms with Crippen molar-refractivity contribution in [1.82, 2.24) is 5.32 Å². The minimum Gasteiger partial charge on any atom is -0.480 e. The van der Waals surface area contributed by atoms with Crippen molar-refractivity contribution in [2.75, 3.05) is 5.75 Å². The lowest BCUT2D eigenvalue weighted by atomic mass is 10.0. The Bertz CT molecular complexity index is 275. The second-order valence-electron chi connectivity index (χ2n) is 4.82. The molecule has 2 N–H and O–H groups in total. The van der Waals surface area contributed by atoms with Gasteiger partial charge in [-0.1, -0.05) is 20.3 Å². The SMILES string of the molecule is CC(C)[C@H](NC(=O)CC1CCCCS1)C(=O)O. The molecule has 1 aliphatic rings. The molecule has 1 fully saturated rings. The average Bonchev–Trinajstić information content (AvgIpc) is 2.26. The Kier molecular flexibility index (Phi) is 5.82. The van der Waals surface area contributed by atoms with Crippen molar-refractivity contribution in [1.29, 1.82) is 0 Å². The van der Waals surface area contributed by atoms with E-state index in [9.17, 15) is 9.59 Å². The van der Waals surface area contributed by atoms with Gasteiger partial charge in [0.25, 0.3) is 0 Å². The van der Waals surface area contributed by atoms with Crippen LogP contribution in [0.3, 0.4) is 0 Å². The van der Waals surface area contributed by atoms with Gasteiger partial charge in [0.15, 0.2) is 0 Å². The zero-order valence-electron chi connectivity index (χ0n) is 10.4. The molecule has 1 rings (SSSR count). The Morgan fingerprint density at radius 2 is 2.12 bits per heavy atom. The summed E-state index contributed by atoms with van der Waals surface area (Å²) in [4.78, 5) is 22.7. The van der Waals surface area contributed by atoms with Crippen LogP contribution in [0.15, 0.2) is 0 Å². The molecule has 98 valence electrons. The average molecular weight is 259 g/mol. The third-order valence-corrected chi connectivity index (χ3v) is 4.33. The van der Waals surface area contributed by atoms with Gasteiger partial charge in [0.2, 0.25) is 5.91 Å². The van der Waals surface area contributed by atoms with Crippen molar-refractivity contribution in [3.05, 3.63) is 0 Å². The number of carbonyl (C=O) groups is 2. The van der Waals surface area contributed by atoms with E-state index >= 15 is 0 Å². The lowest BCUT2D eigenvalue weighted by Gasteiger charge is -2.23. The van der Waals surface area contributed by atoms with Crippen LogP contribution in [0.1, 0.15) is 39.5 Å². The number of rotatable bonds is 5. The van der Waals surface area contributed by atoms with Gasteiger partial charge in [-0.3, -0.25) is 4.79 Å². The molecule has 5 heteroatoms. The normalized spacial score (nSPS) is 22.2. The smallest absolute Gasteiger partial charge is 0.326 e. The number of hydrogen-bond donors (Lipinski definition) is 2. The van der Waals surface area contributed by atoms with E-state index in [1.807, 2.05) is 11.8 Å². The summed E-state index contributed by atoms with van der Waals surface area (Å²) in [5.41, 5.74) is 0. The van der Waals surface area contributed by atoms with E-state index in [4.69, 9.17) is 5.11 Å². The summed E-state index contributed by atoms with van der Waals surface area (Å²) in [7, 11) is 0. The maximum Gasteiger partial charge on any atom is 0.326 e. The van der Waals surface area contributed by atoms with Crippen LogP contribution in [0.25, 0.3) is 0 Å². The summed E-state index contributed by atoms with van der Waals surface area (Å²) < 4.78 is 0. The second kappa shape index (κ2) is 6.89. The van der Waals surface area contributed by atoms with Crippen molar-refractivity contribution in [2.45, 2.75) is 50.8 Å². The van der Waals surface area contributed by atoms with Gasteiger partial charge in [-0.2, -0.15) is 11.8 Å². The first-order valence-corrected chi connectivity index (χ1v) is 7.19. The quantitative estimate of drug-likeness (QED) is 0.791. The lowest BCUT2D eigenvalue weighted by molar-refractivity contribution is -0.143. The van der Waals surface area contributed by atoms with E-state index < -0.39 is 12.0 Å². The first kappa shape index (κ1) is 14.4. The van der Waals surface area contributed by atoms with Gasteiger partial charge in [0.05, 0.1) is 0 Å². The highest BCUT2D eigenvalue weighted by molar-refractivity contribution is 7.99. The van der Waals surface area contributed by atoms with E-state index in [1.165, 1.54) is 12.8 Å². The van der Waals surface area contributed by atoms with Crippen molar-refractivity contribution >= 4 is 23.6 Å². The minimum absolute atomic E-state index is 0.0875. The molecule has 0 bridgehead atoms. The molecule has 17 heavy (non-hydrogen) atoms. The van der Waals surface area contributed by atoms with Crippen molar-refractivity contribution in [2.24, 2.45) is 5.92 Å². The van der Waals surface area contributed by atoms with Gasteiger partial charge in [0, 0.05) is 11.7 Å². The molecule has 0 aromatic heterocycles. The van der Waals surface area contributed by atoms with Crippen molar-refractivity contribution in [3.8, 4) is 0 Å². The van der Waals surface area contributed by atoms with E-state index in [1.54, 1.807) is 13.8 Å². The Morgan fingerprint density at radius 1 is 1.41 bits per heavy atom. The number of thioether (sulfide) groups is 1. The minimum atomic E-state index is -0.954. The van der Waals surface area contributed by atoms with Crippen LogP contribution < -0.4 is 5.32 Å². The maximum absolute atomic E-state index is 11.7. The Labute approximate surface area is 107 Å². The van der Waals surface area contributed by atoms with E-state index in [0.717, 1.165) is 12.2 Å². The van der Waals surface area contributed by atoms with Crippen molar-refractivity contribution < 1.29 is 14.7 Å². The summed E-state index contributed by atoms with van der Waals surface area (Å²) in [6.07, 6.45) is 3.92. The van der Waals surface area contributed by atoms with Crippen LogP contribution in [0.4, 0.5) is 0 Å². The highest BCUT2D eigenvalue weighted by atomic mass is 32.2. The molecule has 1 amide bonds. The van der Waals surface area contributed by atoms with Gasteiger partial charge < -0.3 is 10.4 Å². The molecule has 1 aliphatic heterocycles. The number of carboxylic acid groups (broad SMARTS) is 1. The molecular formula is C12H21NO3S. The molecule has 2 atom stereocenters. The Hall–Kier alpha value is -0.710. The summed E-state index contributed by atoms with van der Waals surface area (Å²) >= 11 is 1.83. The van der Waals surface area contributed by atoms with Crippen LogP contribution in [-0.2, 0) is 9.59 Å². The number of aliphatic carboxylic acids is 1. The van der Waals surface area contributed by atoms with E-state index in [2.05, 4.69) is 5.32 Å². The van der Waals surface area contributed by atoms with Gasteiger partial charge in [-0.15, -0.1) is 0 Å². The van der Waals surface area contributed by atoms with Crippen LogP contribution in [0.5, 0.6) is 0 Å². The molecule has 0 radical (unpaired) electrons. The number of nitrogens with one attached hydrogen (secondary N) is 1. The van der Waals surface area contributed by atoms with Crippen LogP contribution in [0, 0.1) is 5.92 Å². The summed E-state index contributed by atoms with van der Waals surface area (Å²) in [5.74, 6) is -0.0598. The molecule has 1 unspecified atom stereocenters. The first-order chi connectivity index (χ1) is 8.00. The third-order valence-electron chi connectivity index (χ3n) is 2.94. The number of carboxylic acids is 1. The molecule has 4 nitrogen and oxygen atoms in total. The van der Waals surface area contributed by atoms with Gasteiger partial charge >= 0.3 is 5.97 Å². The molecule has 0 aromatic rings. The topological polar surface area (TPSA) is 66.4 Å². The molecular weight excluding hydrogens is 238 g/mol. The van der Waals surface area contributed by atoms with Gasteiger partial charge in [-0.25, -0.2) is 4.79 Å². The van der Waals surface area contributed by atoms with E-state index in [0.29, 0.717) is 11.7 Å². The fourth-order valence-corrected chi connectivity index (χ4v) is 3.23. The monoisotopic (exact) mass is 259 g/mol. The molecule has 0 spiro atoms. The van der Waals surface area contributed by atoms with E-state index in [-0.39, 0.29) is 11.8 Å². The van der Waals surface area contributed by atoms with Crippen LogP contribution in [0.2, 0.25) is 0 Å². The Morgan fingerprint density at radius 3 is 2.59 bits per heavy atom. The molecule has 0 saturated carbocycles. The molecule has 0 aromatic carbocycles. The first-order valence-electron chi connectivity index (χ1n) is 6.14. The number of amides is 1. The Balaban J connectivity index is 2.38. The summed E-state index contributed by atoms with van der Waals surface area (Å²) in [6, 6.07) is -0.768. The highest BCUT2D eigenvalue weighted by Crippen LogP contribution is 2.27. The zero-order valence-corrected chi connectivity index (χ0v) is 11.3. The lowest BCUT2D eigenvalue weighted by Crippen LogP contribution is -2.45. The molecule has 0 aliphatic carbocycles. The number of carbonyl (C=O) groups excluding carboxylic acids is 1. The highest BCUT2D eigenvalue weighted by Gasteiger charge is 2.25. The summed E-state index contributed by atoms with van der Waals surface area (Å²) in [6.45, 7) is 3.60. The standard InChI is InChI=1S/C12H21NO3S/c1-8(2)11(12(15)16)13-10(14)7-9-5-3-4-6-17-9/h8-9,11H,3-7H2,1-2H3,(H,13,14)(H,15,16)/t9?,11-/m0/s1. The van der Waals surface area contributed by atoms with Crippen LogP contribution >= 0.6 is 11.8 Å². The van der Waals surface area contributed by atoms with Crippen LogP contribution in [-0.4, -0.2) is 34.0 Å². The predicted molar refractivity (Wildman–Crippen MR) is 69.1 cm³/mol. The molecule has 1 saturated heterocycles. The third kappa shape index (κ3) is 4.98. The fraction of sp³-hybridized carbons (Fsp3) is 0.833. The number of hydrogen-bond acceptors (Lipinski definition) is 3.